The zero-order chi connectivity index (χ0) is 35.3. The van der Waals surface area contributed by atoms with Gasteiger partial charge in [-0.2, -0.15) is 0 Å². The lowest BCUT2D eigenvalue weighted by Gasteiger charge is -2.34. The molecular formula is C38H37N5O7. The van der Waals surface area contributed by atoms with E-state index in [1.807, 2.05) is 55.5 Å². The number of ether oxygens (including phenoxy) is 2. The summed E-state index contributed by atoms with van der Waals surface area (Å²) in [5, 5.41) is 15.3. The second kappa shape index (κ2) is 12.7. The molecule has 2 N–H and O–H groups in total. The molecular weight excluding hydrogens is 638 g/mol. The summed E-state index contributed by atoms with van der Waals surface area (Å²) >= 11 is 0. The summed E-state index contributed by atoms with van der Waals surface area (Å²) in [5.41, 5.74) is 4.57. The number of cyclic esters (lactones) is 1. The van der Waals surface area contributed by atoms with Crippen molar-refractivity contribution in [1.29, 1.82) is 0 Å². The molecule has 12 nitrogen and oxygen atoms in total. The Kier molecular flexibility index (Phi) is 8.35. The van der Waals surface area contributed by atoms with Gasteiger partial charge in [0.25, 0.3) is 5.56 Å². The van der Waals surface area contributed by atoms with Crippen LogP contribution in [0.2, 0.25) is 0 Å². The number of fused-ring (bicyclic) bond motifs is 5. The van der Waals surface area contributed by atoms with Crippen LogP contribution in [0.15, 0.2) is 75.7 Å². The summed E-state index contributed by atoms with van der Waals surface area (Å²) in [7, 11) is 0. The van der Waals surface area contributed by atoms with E-state index in [4.69, 9.17) is 19.5 Å². The van der Waals surface area contributed by atoms with Crippen LogP contribution in [-0.2, 0) is 37.8 Å². The maximum atomic E-state index is 13.9. The Morgan fingerprint density at radius 1 is 1.12 bits per heavy atom. The molecule has 50 heavy (non-hydrogen) atoms. The van der Waals surface area contributed by atoms with E-state index < -0.39 is 23.6 Å². The van der Waals surface area contributed by atoms with E-state index in [-0.39, 0.29) is 49.8 Å². The molecule has 0 spiro atoms. The minimum atomic E-state index is -1.53. The van der Waals surface area contributed by atoms with E-state index in [1.165, 1.54) is 4.90 Å². The molecule has 4 aromatic rings. The first-order valence-electron chi connectivity index (χ1n) is 16.8. The number of urea groups is 1. The number of hydrogen-bond donors (Lipinski definition) is 2. The van der Waals surface area contributed by atoms with Gasteiger partial charge in [0, 0.05) is 35.0 Å². The number of nitrogens with one attached hydrogen (secondary N) is 1. The van der Waals surface area contributed by atoms with Crippen molar-refractivity contribution in [1.82, 2.24) is 19.8 Å². The Morgan fingerprint density at radius 2 is 1.88 bits per heavy atom. The third-order valence-electron chi connectivity index (χ3n) is 9.87. The van der Waals surface area contributed by atoms with Gasteiger partial charge in [0.15, 0.2) is 0 Å². The first-order chi connectivity index (χ1) is 24.1. The normalized spacial score (nSPS) is 19.9. The predicted octanol–water partition coefficient (Wildman–Crippen LogP) is 5.14. The van der Waals surface area contributed by atoms with Crippen LogP contribution < -0.4 is 10.9 Å². The molecule has 2 aromatic carbocycles. The number of aliphatic imine (C=N–C) groups is 1. The quantitative estimate of drug-likeness (QED) is 0.178. The number of nitrogens with zero attached hydrogens (tertiary/aromatic N) is 4. The summed E-state index contributed by atoms with van der Waals surface area (Å²) in [4.78, 5) is 63.4. The van der Waals surface area contributed by atoms with Crippen LogP contribution >= 0.6 is 0 Å². The zero-order valence-electron chi connectivity index (χ0n) is 28.3. The van der Waals surface area contributed by atoms with E-state index >= 15 is 0 Å². The van der Waals surface area contributed by atoms with Gasteiger partial charge in [-0.05, 0) is 62.6 Å². The van der Waals surface area contributed by atoms with Gasteiger partial charge >= 0.3 is 18.0 Å². The lowest BCUT2D eigenvalue weighted by Crippen LogP contribution is -2.47. The van der Waals surface area contributed by atoms with Gasteiger partial charge in [-0.25, -0.2) is 14.6 Å². The molecule has 0 fully saturated rings. The topological polar surface area (TPSA) is 152 Å². The highest BCUT2D eigenvalue weighted by Crippen LogP contribution is 2.40. The van der Waals surface area contributed by atoms with E-state index in [0.717, 1.165) is 16.5 Å². The Bertz CT molecular complexity index is 2200. The van der Waals surface area contributed by atoms with Crippen LogP contribution in [0.4, 0.5) is 10.5 Å². The second-order valence-electron chi connectivity index (χ2n) is 12.6. The minimum absolute atomic E-state index is 0.205. The fourth-order valence-electron chi connectivity index (χ4n) is 7.18. The fourth-order valence-corrected chi connectivity index (χ4v) is 7.18. The highest BCUT2D eigenvalue weighted by Gasteiger charge is 2.40. The number of carbonyl (C=O) groups is 3. The highest BCUT2D eigenvalue weighted by atomic mass is 16.5. The van der Waals surface area contributed by atoms with Crippen molar-refractivity contribution in [3.05, 3.63) is 104 Å². The van der Waals surface area contributed by atoms with Gasteiger partial charge < -0.3 is 24.5 Å². The average molecular weight is 676 g/mol. The number of para-hydroxylation sites is 1. The molecule has 0 saturated heterocycles. The second-order valence-corrected chi connectivity index (χ2v) is 12.6. The van der Waals surface area contributed by atoms with Gasteiger partial charge in [0.05, 0.1) is 59.3 Å². The van der Waals surface area contributed by atoms with E-state index in [2.05, 4.69) is 5.32 Å². The lowest BCUT2D eigenvalue weighted by molar-refractivity contribution is -0.149. The fraction of sp³-hybridized carbons (Fsp3) is 0.316. The minimum Gasteiger partial charge on any atom is -0.463 e. The van der Waals surface area contributed by atoms with Gasteiger partial charge in [-0.3, -0.25) is 19.5 Å². The zero-order valence-corrected chi connectivity index (χ0v) is 28.3. The van der Waals surface area contributed by atoms with Crippen molar-refractivity contribution in [2.45, 2.75) is 65.3 Å². The first kappa shape index (κ1) is 32.9. The van der Waals surface area contributed by atoms with Gasteiger partial charge in [-0.1, -0.05) is 37.3 Å². The molecule has 0 bridgehead atoms. The lowest BCUT2D eigenvalue weighted by atomic mass is 9.85. The monoisotopic (exact) mass is 675 g/mol. The Morgan fingerprint density at radius 3 is 2.60 bits per heavy atom. The van der Waals surface area contributed by atoms with Gasteiger partial charge in [0.1, 0.15) is 12.2 Å². The predicted molar refractivity (Wildman–Crippen MR) is 186 cm³/mol. The van der Waals surface area contributed by atoms with Crippen molar-refractivity contribution in [3.8, 4) is 11.4 Å². The molecule has 5 heterocycles. The van der Waals surface area contributed by atoms with Gasteiger partial charge in [-0.15, -0.1) is 0 Å². The number of esters is 2. The van der Waals surface area contributed by atoms with Crippen LogP contribution in [0.25, 0.3) is 22.3 Å². The Labute approximate surface area is 288 Å². The maximum absolute atomic E-state index is 13.9. The van der Waals surface area contributed by atoms with E-state index in [9.17, 15) is 24.3 Å². The van der Waals surface area contributed by atoms with Crippen molar-refractivity contribution in [3.63, 3.8) is 0 Å². The molecule has 3 aliphatic rings. The number of rotatable bonds is 7. The van der Waals surface area contributed by atoms with E-state index in [0.29, 0.717) is 51.5 Å². The number of benzene rings is 2. The third kappa shape index (κ3) is 5.36. The van der Waals surface area contributed by atoms with Crippen LogP contribution in [0.1, 0.15) is 74.4 Å². The summed E-state index contributed by atoms with van der Waals surface area (Å²) in [6.07, 6.45) is 1.76. The summed E-state index contributed by atoms with van der Waals surface area (Å²) in [6, 6.07) is 15.7. The highest BCUT2D eigenvalue weighted by molar-refractivity contribution is 6.03. The van der Waals surface area contributed by atoms with Crippen LogP contribution in [0.3, 0.4) is 0 Å². The molecule has 3 aliphatic heterocycles. The molecule has 256 valence electrons. The molecule has 12 heteroatoms. The Hall–Kier alpha value is -5.62. The number of aliphatic hydroxyl groups is 1. The molecule has 2 unspecified atom stereocenters. The number of amides is 2. The molecule has 0 saturated carbocycles. The van der Waals surface area contributed by atoms with Crippen molar-refractivity contribution in [2.24, 2.45) is 4.99 Å². The third-order valence-corrected chi connectivity index (χ3v) is 9.87. The smallest absolute Gasteiger partial charge is 0.338 e. The molecule has 0 aliphatic carbocycles. The van der Waals surface area contributed by atoms with Crippen molar-refractivity contribution < 1.29 is 29.0 Å². The van der Waals surface area contributed by atoms with Crippen LogP contribution in [-0.4, -0.2) is 56.9 Å². The van der Waals surface area contributed by atoms with Crippen LogP contribution in [0, 0.1) is 0 Å². The largest absolute Gasteiger partial charge is 0.463 e. The number of pyridine rings is 2. The van der Waals surface area contributed by atoms with Crippen LogP contribution in [0.5, 0.6) is 0 Å². The summed E-state index contributed by atoms with van der Waals surface area (Å²) in [5.74, 6) is -1.03. The summed E-state index contributed by atoms with van der Waals surface area (Å²) in [6.45, 7) is 7.75. The molecule has 0 radical (unpaired) electrons. The molecule has 7 rings (SSSR count). The number of hydrogen-bond acceptors (Lipinski definition) is 9. The van der Waals surface area contributed by atoms with Crippen molar-refractivity contribution >= 4 is 40.8 Å². The molecule has 2 atom stereocenters. The molecule has 2 amide bonds. The number of allylic oxidation sites excluding steroid dienone is 1. The summed E-state index contributed by atoms with van der Waals surface area (Å²) < 4.78 is 12.3. The number of aromatic nitrogens is 2. The van der Waals surface area contributed by atoms with Gasteiger partial charge in [0.2, 0.25) is 0 Å². The Balaban J connectivity index is 1.27. The van der Waals surface area contributed by atoms with E-state index in [1.54, 1.807) is 37.6 Å². The molecule has 2 aromatic heterocycles. The number of carbonyl (C=O) groups excluding carboxylic acids is 3. The standard InChI is InChI=1S/C38H37N5O7/c1-5-38(48)17-31(44)50-20-27-28(38)16-30-34-26(19-43(30)35(27)45)25(24-10-8-9-11-29(24)40-34)18-39-23-14-12-22(13-15-23)33-32(36(46)49-7-3)21(4)42(6-2)37(47)41-33/h8-16,18,33,48H,5-7,17,19-20H2,1-4H3,(H,41,47). The SMILES string of the molecule is CCOC(=O)C1=C(C)N(CC)C(=O)NC1c1ccc(N=Cc2c3c(nc4ccccc24)-c2cc4c(c(=O)n2C3)COC(=O)CC4(O)CC)cc1. The maximum Gasteiger partial charge on any atom is 0.338 e. The first-order valence-corrected chi connectivity index (χ1v) is 16.8. The average Bonchev–Trinajstić information content (AvgIpc) is 3.41. The van der Waals surface area contributed by atoms with Crippen molar-refractivity contribution in [2.75, 3.05) is 13.2 Å².